The van der Waals surface area contributed by atoms with Crippen molar-refractivity contribution in [2.45, 2.75) is 64.6 Å². The van der Waals surface area contributed by atoms with Gasteiger partial charge in [-0.3, -0.25) is 18.7 Å². The zero-order chi connectivity index (χ0) is 36.2. The van der Waals surface area contributed by atoms with Crippen molar-refractivity contribution in [3.05, 3.63) is 115 Å². The fraction of sp³-hybridized carbons (Fsp3) is 0.286. The number of carbonyl (C=O) groups is 2. The number of rotatable bonds is 8. The van der Waals surface area contributed by atoms with Crippen LogP contribution in [0.5, 0.6) is 5.75 Å². The molecule has 16 heteroatoms. The van der Waals surface area contributed by atoms with Gasteiger partial charge in [0.25, 0.3) is 11.8 Å². The Bertz CT molecular complexity index is 2220. The minimum absolute atomic E-state index is 0.0488. The minimum atomic E-state index is -4.72. The van der Waals surface area contributed by atoms with Crippen molar-refractivity contribution in [3.63, 3.8) is 0 Å². The molecule has 7 rings (SSSR count). The summed E-state index contributed by atoms with van der Waals surface area (Å²) in [7, 11) is 0. The number of aryl methyl sites for hydroxylation is 1. The molecule has 0 spiro atoms. The van der Waals surface area contributed by atoms with Crippen LogP contribution in [0, 0.1) is 12.7 Å². The number of halogens is 5. The van der Waals surface area contributed by atoms with Gasteiger partial charge in [0.15, 0.2) is 0 Å². The van der Waals surface area contributed by atoms with Gasteiger partial charge in [0, 0.05) is 47.2 Å². The first kappa shape index (κ1) is 34.2. The number of alkyl halides is 3. The SMILES string of the molecule is Cc1nnc(-c2cccc(F)c2CNC(=O)c2c3n(c(=O)n2-c2ccc(OC4CC4)cc2)C[C@@H](C)N(C(=O)c2ccc(Br)c(C(F)(F)F)c2)C3)o1. The summed E-state index contributed by atoms with van der Waals surface area (Å²) in [6.45, 7) is 2.58. The molecule has 1 N–H and O–H groups in total. The Morgan fingerprint density at radius 2 is 1.82 bits per heavy atom. The summed E-state index contributed by atoms with van der Waals surface area (Å²) in [5, 5.41) is 10.5. The molecular weight excluding hydrogens is 740 g/mol. The highest BCUT2D eigenvalue weighted by Crippen LogP contribution is 2.36. The largest absolute Gasteiger partial charge is 0.490 e. The standard InChI is InChI=1S/C35H29BrF4N6O5/c1-18-16-45-29(17-44(18)33(48)20-6-13-27(36)26(14-20)35(38,39)40)30(46(34(45)49)21-7-9-22(10-8-21)51-23-11-12-23)31(47)41-15-25-24(4-3-5-28(25)37)32-43-42-19(2)50-32/h3-10,13-14,18,23H,11-12,15-17H2,1-2H3,(H,41,47)/t18-/m1/s1. The van der Waals surface area contributed by atoms with Crippen molar-refractivity contribution in [2.24, 2.45) is 0 Å². The topological polar surface area (TPSA) is 124 Å². The summed E-state index contributed by atoms with van der Waals surface area (Å²) >= 11 is 2.90. The molecular formula is C35H29BrF4N6O5. The zero-order valence-corrected chi connectivity index (χ0v) is 28.7. The van der Waals surface area contributed by atoms with Crippen LogP contribution in [0.15, 0.2) is 74.3 Å². The number of hydrogen-bond donors (Lipinski definition) is 1. The maximum Gasteiger partial charge on any atom is 0.417 e. The van der Waals surface area contributed by atoms with Crippen molar-refractivity contribution in [1.82, 2.24) is 29.5 Å². The molecule has 5 aromatic rings. The summed E-state index contributed by atoms with van der Waals surface area (Å²) in [5.74, 6) is -1.23. The number of nitrogens with zero attached hydrogens (tertiary/aromatic N) is 5. The molecule has 1 aliphatic heterocycles. The molecule has 0 saturated heterocycles. The molecule has 3 heterocycles. The van der Waals surface area contributed by atoms with Gasteiger partial charge < -0.3 is 19.4 Å². The van der Waals surface area contributed by atoms with Crippen molar-refractivity contribution < 1.29 is 36.3 Å². The van der Waals surface area contributed by atoms with E-state index in [-0.39, 0.29) is 70.1 Å². The van der Waals surface area contributed by atoms with Gasteiger partial charge in [-0.2, -0.15) is 13.2 Å². The average molecular weight is 770 g/mol. The number of carbonyl (C=O) groups excluding carboxylic acids is 2. The van der Waals surface area contributed by atoms with Gasteiger partial charge in [0.2, 0.25) is 11.8 Å². The van der Waals surface area contributed by atoms with Crippen LogP contribution >= 0.6 is 15.9 Å². The molecule has 1 fully saturated rings. The molecule has 2 amide bonds. The molecule has 0 bridgehead atoms. The first-order chi connectivity index (χ1) is 24.3. The summed E-state index contributed by atoms with van der Waals surface area (Å²) in [6, 6.07) is 13.4. The Balaban J connectivity index is 1.27. The normalized spacial score (nSPS) is 15.8. The molecule has 0 unspecified atom stereocenters. The smallest absolute Gasteiger partial charge is 0.417 e. The Morgan fingerprint density at radius 1 is 1.08 bits per heavy atom. The van der Waals surface area contributed by atoms with Gasteiger partial charge in [-0.15, -0.1) is 10.2 Å². The van der Waals surface area contributed by atoms with E-state index >= 15 is 4.39 Å². The van der Waals surface area contributed by atoms with E-state index in [1.165, 1.54) is 32.2 Å². The Hall–Kier alpha value is -5.25. The van der Waals surface area contributed by atoms with Crippen LogP contribution in [-0.2, 0) is 25.8 Å². The molecule has 3 aromatic carbocycles. The fourth-order valence-electron chi connectivity index (χ4n) is 6.05. The van der Waals surface area contributed by atoms with Gasteiger partial charge in [-0.25, -0.2) is 9.18 Å². The fourth-order valence-corrected chi connectivity index (χ4v) is 6.52. The summed E-state index contributed by atoms with van der Waals surface area (Å²) in [5.41, 5.74) is -1.13. The number of benzene rings is 3. The zero-order valence-electron chi connectivity index (χ0n) is 27.1. The molecule has 2 aromatic heterocycles. The summed E-state index contributed by atoms with van der Waals surface area (Å²) < 4.78 is 70.0. The second-order valence-electron chi connectivity index (χ2n) is 12.4. The van der Waals surface area contributed by atoms with Crippen LogP contribution in [0.4, 0.5) is 17.6 Å². The van der Waals surface area contributed by atoms with Gasteiger partial charge in [0.1, 0.15) is 17.3 Å². The molecule has 1 atom stereocenters. The van der Waals surface area contributed by atoms with E-state index in [9.17, 15) is 27.6 Å². The van der Waals surface area contributed by atoms with Crippen LogP contribution in [-0.4, -0.2) is 48.2 Å². The Labute approximate surface area is 296 Å². The van der Waals surface area contributed by atoms with Gasteiger partial charge in [0.05, 0.1) is 29.6 Å². The molecule has 0 radical (unpaired) electrons. The van der Waals surface area contributed by atoms with Gasteiger partial charge in [-0.1, -0.05) is 22.0 Å². The van der Waals surface area contributed by atoms with Crippen molar-refractivity contribution >= 4 is 27.7 Å². The predicted molar refractivity (Wildman–Crippen MR) is 178 cm³/mol. The molecule has 264 valence electrons. The highest BCUT2D eigenvalue weighted by atomic mass is 79.9. The van der Waals surface area contributed by atoms with Crippen LogP contribution in [0.2, 0.25) is 0 Å². The number of aromatic nitrogens is 4. The van der Waals surface area contributed by atoms with Crippen molar-refractivity contribution in [3.8, 4) is 22.9 Å². The van der Waals surface area contributed by atoms with Crippen LogP contribution < -0.4 is 15.7 Å². The van der Waals surface area contributed by atoms with E-state index < -0.39 is 41.1 Å². The number of ether oxygens (including phenoxy) is 1. The summed E-state index contributed by atoms with van der Waals surface area (Å²) in [6.07, 6.45) is -2.70. The molecule has 2 aliphatic rings. The number of amides is 2. The lowest BCUT2D eigenvalue weighted by atomic mass is 10.1. The lowest BCUT2D eigenvalue weighted by Crippen LogP contribution is -2.47. The second-order valence-corrected chi connectivity index (χ2v) is 13.2. The van der Waals surface area contributed by atoms with E-state index in [2.05, 4.69) is 31.4 Å². The van der Waals surface area contributed by atoms with Crippen LogP contribution in [0.3, 0.4) is 0 Å². The second kappa shape index (κ2) is 13.1. The lowest BCUT2D eigenvalue weighted by Gasteiger charge is -2.34. The minimum Gasteiger partial charge on any atom is -0.490 e. The van der Waals surface area contributed by atoms with Crippen molar-refractivity contribution in [2.75, 3.05) is 0 Å². The number of hydrogen-bond acceptors (Lipinski definition) is 7. The molecule has 51 heavy (non-hydrogen) atoms. The van der Waals surface area contributed by atoms with Crippen LogP contribution in [0.1, 0.15) is 63.3 Å². The summed E-state index contributed by atoms with van der Waals surface area (Å²) in [4.78, 5) is 43.3. The third-order valence-corrected chi connectivity index (χ3v) is 9.45. The predicted octanol–water partition coefficient (Wildman–Crippen LogP) is 6.43. The number of fused-ring (bicyclic) bond motifs is 1. The highest BCUT2D eigenvalue weighted by molar-refractivity contribution is 9.10. The first-order valence-corrected chi connectivity index (χ1v) is 16.7. The van der Waals surface area contributed by atoms with Crippen molar-refractivity contribution in [1.29, 1.82) is 0 Å². The third kappa shape index (κ3) is 6.67. The van der Waals surface area contributed by atoms with E-state index in [0.717, 1.165) is 25.0 Å². The molecule has 11 nitrogen and oxygen atoms in total. The lowest BCUT2D eigenvalue weighted by molar-refractivity contribution is -0.138. The Morgan fingerprint density at radius 3 is 2.49 bits per heavy atom. The highest BCUT2D eigenvalue weighted by Gasteiger charge is 2.38. The van der Waals surface area contributed by atoms with E-state index in [4.69, 9.17) is 9.15 Å². The number of imidazole rings is 1. The van der Waals surface area contributed by atoms with Gasteiger partial charge in [-0.05, 0) is 74.4 Å². The van der Waals surface area contributed by atoms with Gasteiger partial charge >= 0.3 is 11.9 Å². The number of nitrogens with one attached hydrogen (secondary N) is 1. The van der Waals surface area contributed by atoms with E-state index in [0.29, 0.717) is 11.4 Å². The maximum atomic E-state index is 15.2. The average Bonchev–Trinajstić information content (AvgIpc) is 3.73. The third-order valence-electron chi connectivity index (χ3n) is 8.76. The first-order valence-electron chi connectivity index (χ1n) is 16.0. The van der Waals surface area contributed by atoms with E-state index in [1.54, 1.807) is 44.2 Å². The monoisotopic (exact) mass is 768 g/mol. The van der Waals surface area contributed by atoms with Crippen LogP contribution in [0.25, 0.3) is 17.1 Å². The maximum absolute atomic E-state index is 15.2. The van der Waals surface area contributed by atoms with E-state index in [1.807, 2.05) is 0 Å². The molecule has 1 saturated carbocycles. The quantitative estimate of drug-likeness (QED) is 0.181. The molecule has 1 aliphatic carbocycles. The Kier molecular flexibility index (Phi) is 8.81.